The molecule has 0 aromatic carbocycles. The molecule has 0 saturated carbocycles. The fourth-order valence-corrected chi connectivity index (χ4v) is 1.68. The zero-order chi connectivity index (χ0) is 14.4. The van der Waals surface area contributed by atoms with E-state index in [1.165, 1.54) is 12.1 Å². The molecule has 2 heterocycles. The first-order chi connectivity index (χ1) is 9.70. The maximum atomic E-state index is 10.9. The Balaban J connectivity index is 2.06. The van der Waals surface area contributed by atoms with Gasteiger partial charge in [-0.3, -0.25) is 15.1 Å². The molecule has 8 heteroatoms. The second-order valence-electron chi connectivity index (χ2n) is 4.00. The number of hydrazine groups is 1. The standard InChI is InChI=1S/C12H14N6O2/c13-17-11-4-3-10(18(19)20)12(16-11)15-7-5-9-2-1-6-14-8-9/h1-4,6,8H,5,7,13H2,(H2,15,16,17). The molecule has 0 aliphatic heterocycles. The highest BCUT2D eigenvalue weighted by Crippen LogP contribution is 2.23. The lowest BCUT2D eigenvalue weighted by molar-refractivity contribution is -0.384. The molecular weight excluding hydrogens is 260 g/mol. The molecule has 104 valence electrons. The molecule has 0 spiro atoms. The number of nitrogens with two attached hydrogens (primary N) is 1. The van der Waals surface area contributed by atoms with E-state index in [-0.39, 0.29) is 11.5 Å². The third-order valence-corrected chi connectivity index (χ3v) is 2.65. The van der Waals surface area contributed by atoms with Gasteiger partial charge in [-0.1, -0.05) is 6.07 Å². The maximum absolute atomic E-state index is 10.9. The molecule has 2 aromatic rings. The summed E-state index contributed by atoms with van der Waals surface area (Å²) < 4.78 is 0. The Kier molecular flexibility index (Phi) is 4.40. The average molecular weight is 274 g/mol. The summed E-state index contributed by atoms with van der Waals surface area (Å²) in [6, 6.07) is 6.59. The predicted octanol–water partition coefficient (Wildman–Crippen LogP) is 1.33. The number of aromatic nitrogens is 2. The van der Waals surface area contributed by atoms with E-state index < -0.39 is 4.92 Å². The lowest BCUT2D eigenvalue weighted by Crippen LogP contribution is -2.12. The van der Waals surface area contributed by atoms with Gasteiger partial charge in [-0.15, -0.1) is 0 Å². The summed E-state index contributed by atoms with van der Waals surface area (Å²) in [6.07, 6.45) is 4.13. The number of nitrogens with zero attached hydrogens (tertiary/aromatic N) is 3. The van der Waals surface area contributed by atoms with E-state index in [9.17, 15) is 10.1 Å². The van der Waals surface area contributed by atoms with Crippen molar-refractivity contribution in [2.45, 2.75) is 6.42 Å². The third-order valence-electron chi connectivity index (χ3n) is 2.65. The molecule has 0 unspecified atom stereocenters. The highest BCUT2D eigenvalue weighted by Gasteiger charge is 2.15. The van der Waals surface area contributed by atoms with Crippen LogP contribution in [0.1, 0.15) is 5.56 Å². The van der Waals surface area contributed by atoms with Crippen molar-refractivity contribution in [3.8, 4) is 0 Å². The Morgan fingerprint density at radius 1 is 1.35 bits per heavy atom. The molecule has 0 radical (unpaired) electrons. The smallest absolute Gasteiger partial charge is 0.311 e. The Morgan fingerprint density at radius 3 is 2.85 bits per heavy atom. The van der Waals surface area contributed by atoms with Gasteiger partial charge in [0, 0.05) is 25.0 Å². The van der Waals surface area contributed by atoms with E-state index in [4.69, 9.17) is 5.84 Å². The van der Waals surface area contributed by atoms with Gasteiger partial charge in [-0.2, -0.15) is 0 Å². The number of nitrogens with one attached hydrogen (secondary N) is 2. The molecule has 0 aliphatic rings. The highest BCUT2D eigenvalue weighted by atomic mass is 16.6. The summed E-state index contributed by atoms with van der Waals surface area (Å²) in [5.41, 5.74) is 3.31. The first-order valence-corrected chi connectivity index (χ1v) is 5.95. The van der Waals surface area contributed by atoms with Crippen LogP contribution in [0.3, 0.4) is 0 Å². The van der Waals surface area contributed by atoms with Gasteiger partial charge in [0.05, 0.1) is 4.92 Å². The molecule has 8 nitrogen and oxygen atoms in total. The van der Waals surface area contributed by atoms with Crippen LogP contribution in [0.2, 0.25) is 0 Å². The van der Waals surface area contributed by atoms with Gasteiger partial charge in [-0.25, -0.2) is 10.8 Å². The lowest BCUT2D eigenvalue weighted by atomic mass is 10.2. The van der Waals surface area contributed by atoms with Gasteiger partial charge in [0.1, 0.15) is 5.82 Å². The second-order valence-corrected chi connectivity index (χ2v) is 4.00. The SMILES string of the molecule is NNc1ccc([N+](=O)[O-])c(NCCc2cccnc2)n1. The Hall–Kier alpha value is -2.74. The Labute approximate surface area is 115 Å². The quantitative estimate of drug-likeness (QED) is 0.413. The van der Waals surface area contributed by atoms with Gasteiger partial charge in [0.2, 0.25) is 5.82 Å². The topological polar surface area (TPSA) is 119 Å². The molecular formula is C12H14N6O2. The number of anilines is 2. The second kappa shape index (κ2) is 6.43. The van der Waals surface area contributed by atoms with Gasteiger partial charge in [-0.05, 0) is 24.1 Å². The van der Waals surface area contributed by atoms with Crippen LogP contribution in [-0.4, -0.2) is 21.4 Å². The van der Waals surface area contributed by atoms with Crippen molar-refractivity contribution < 1.29 is 4.92 Å². The summed E-state index contributed by atoms with van der Waals surface area (Å²) >= 11 is 0. The summed E-state index contributed by atoms with van der Waals surface area (Å²) in [7, 11) is 0. The number of nitrogen functional groups attached to an aromatic ring is 1. The molecule has 0 atom stereocenters. The van der Waals surface area contributed by atoms with Crippen LogP contribution >= 0.6 is 0 Å². The molecule has 2 aromatic heterocycles. The molecule has 20 heavy (non-hydrogen) atoms. The van der Waals surface area contributed by atoms with Gasteiger partial charge < -0.3 is 10.7 Å². The van der Waals surface area contributed by atoms with Gasteiger partial charge in [0.15, 0.2) is 0 Å². The summed E-state index contributed by atoms with van der Waals surface area (Å²) in [4.78, 5) is 18.5. The van der Waals surface area contributed by atoms with Crippen molar-refractivity contribution in [3.05, 3.63) is 52.3 Å². The molecule has 0 aliphatic carbocycles. The highest BCUT2D eigenvalue weighted by molar-refractivity contribution is 5.60. The fourth-order valence-electron chi connectivity index (χ4n) is 1.68. The summed E-state index contributed by atoms with van der Waals surface area (Å²) in [5.74, 6) is 5.80. The summed E-state index contributed by atoms with van der Waals surface area (Å²) in [6.45, 7) is 0.507. The average Bonchev–Trinajstić information content (AvgIpc) is 2.48. The number of pyridine rings is 2. The van der Waals surface area contributed by atoms with E-state index in [2.05, 4.69) is 20.7 Å². The Morgan fingerprint density at radius 2 is 2.20 bits per heavy atom. The van der Waals surface area contributed by atoms with Gasteiger partial charge >= 0.3 is 5.69 Å². The zero-order valence-electron chi connectivity index (χ0n) is 10.6. The monoisotopic (exact) mass is 274 g/mol. The number of hydrogen-bond acceptors (Lipinski definition) is 7. The van der Waals surface area contributed by atoms with Crippen LogP contribution in [0.25, 0.3) is 0 Å². The van der Waals surface area contributed by atoms with Crippen molar-refractivity contribution in [2.24, 2.45) is 5.84 Å². The van der Waals surface area contributed by atoms with E-state index in [0.29, 0.717) is 18.8 Å². The van der Waals surface area contributed by atoms with Gasteiger partial charge in [0.25, 0.3) is 0 Å². The Bertz CT molecular complexity index is 590. The number of rotatable bonds is 6. The first-order valence-electron chi connectivity index (χ1n) is 5.95. The van der Waals surface area contributed by atoms with E-state index in [1.54, 1.807) is 12.4 Å². The minimum atomic E-state index is -0.486. The normalized spacial score (nSPS) is 10.1. The molecule has 0 fully saturated rings. The van der Waals surface area contributed by atoms with E-state index >= 15 is 0 Å². The van der Waals surface area contributed by atoms with Crippen molar-refractivity contribution in [1.82, 2.24) is 9.97 Å². The molecule has 2 rings (SSSR count). The van der Waals surface area contributed by atoms with E-state index in [0.717, 1.165) is 5.56 Å². The summed E-state index contributed by atoms with van der Waals surface area (Å²) in [5, 5.41) is 13.9. The van der Waals surface area contributed by atoms with Crippen LogP contribution in [0.4, 0.5) is 17.3 Å². The molecule has 0 bridgehead atoms. The van der Waals surface area contributed by atoms with Crippen LogP contribution in [0, 0.1) is 10.1 Å². The maximum Gasteiger partial charge on any atom is 0.311 e. The third kappa shape index (κ3) is 3.39. The first kappa shape index (κ1) is 13.7. The fraction of sp³-hybridized carbons (Fsp3) is 0.167. The van der Waals surface area contributed by atoms with E-state index in [1.807, 2.05) is 12.1 Å². The van der Waals surface area contributed by atoms with Crippen LogP contribution < -0.4 is 16.6 Å². The lowest BCUT2D eigenvalue weighted by Gasteiger charge is -2.07. The van der Waals surface area contributed by atoms with Crippen LogP contribution in [0.5, 0.6) is 0 Å². The molecule has 0 amide bonds. The number of hydrogen-bond donors (Lipinski definition) is 3. The molecule has 4 N–H and O–H groups in total. The van der Waals surface area contributed by atoms with Crippen molar-refractivity contribution >= 4 is 17.3 Å². The minimum absolute atomic E-state index is 0.0878. The number of nitro groups is 1. The predicted molar refractivity (Wildman–Crippen MR) is 75.1 cm³/mol. The van der Waals surface area contributed by atoms with Crippen LogP contribution in [-0.2, 0) is 6.42 Å². The largest absolute Gasteiger partial charge is 0.364 e. The van der Waals surface area contributed by atoms with Crippen molar-refractivity contribution in [3.63, 3.8) is 0 Å². The minimum Gasteiger partial charge on any atom is -0.364 e. The van der Waals surface area contributed by atoms with Crippen LogP contribution in [0.15, 0.2) is 36.7 Å². The molecule has 0 saturated heterocycles. The van der Waals surface area contributed by atoms with Crippen molar-refractivity contribution in [2.75, 3.05) is 17.3 Å². The zero-order valence-corrected chi connectivity index (χ0v) is 10.6. The van der Waals surface area contributed by atoms with Crippen molar-refractivity contribution in [1.29, 1.82) is 0 Å².